The van der Waals surface area contributed by atoms with Gasteiger partial charge >= 0.3 is 0 Å². The molecule has 0 aliphatic rings. The fourth-order valence-electron chi connectivity index (χ4n) is 1.35. The zero-order valence-electron chi connectivity index (χ0n) is 9.68. The van der Waals surface area contributed by atoms with Crippen molar-refractivity contribution in [1.29, 1.82) is 0 Å². The van der Waals surface area contributed by atoms with Gasteiger partial charge < -0.3 is 5.32 Å². The van der Waals surface area contributed by atoms with Crippen LogP contribution in [0.2, 0.25) is 0 Å². The van der Waals surface area contributed by atoms with Gasteiger partial charge in [-0.05, 0) is 6.07 Å². The lowest BCUT2D eigenvalue weighted by Crippen LogP contribution is -2.27. The smallest absolute Gasteiger partial charge is 0.280 e. The Balaban J connectivity index is 1.90. The summed E-state index contributed by atoms with van der Waals surface area (Å²) in [7, 11) is 0. The van der Waals surface area contributed by atoms with Crippen LogP contribution in [-0.2, 0) is 6.42 Å². The van der Waals surface area contributed by atoms with Gasteiger partial charge in [0.1, 0.15) is 29.9 Å². The zero-order chi connectivity index (χ0) is 13.7. The number of rotatable bonds is 5. The molecule has 0 aliphatic heterocycles. The number of carbonyl (C=O) groups excluding carboxylic acids is 1. The van der Waals surface area contributed by atoms with E-state index < -0.39 is 18.0 Å². The SMILES string of the molecule is O=C(NCCc1ncn[nH]1)c1cc(C(F)F)ncn1. The highest BCUT2D eigenvalue weighted by molar-refractivity contribution is 5.92. The Labute approximate surface area is 106 Å². The molecule has 1 amide bonds. The number of alkyl halides is 2. The number of amides is 1. The van der Waals surface area contributed by atoms with Gasteiger partial charge in [0, 0.05) is 13.0 Å². The molecule has 0 saturated heterocycles. The maximum Gasteiger partial charge on any atom is 0.280 e. The molecule has 19 heavy (non-hydrogen) atoms. The molecule has 0 atom stereocenters. The van der Waals surface area contributed by atoms with E-state index in [1.807, 2.05) is 0 Å². The van der Waals surface area contributed by atoms with E-state index >= 15 is 0 Å². The minimum absolute atomic E-state index is 0.0946. The third kappa shape index (κ3) is 3.50. The van der Waals surface area contributed by atoms with Crippen molar-refractivity contribution < 1.29 is 13.6 Å². The monoisotopic (exact) mass is 268 g/mol. The van der Waals surface area contributed by atoms with Gasteiger partial charge in [-0.15, -0.1) is 0 Å². The highest BCUT2D eigenvalue weighted by Gasteiger charge is 2.13. The molecule has 9 heteroatoms. The summed E-state index contributed by atoms with van der Waals surface area (Å²) >= 11 is 0. The third-order valence-electron chi connectivity index (χ3n) is 2.26. The average molecular weight is 268 g/mol. The van der Waals surface area contributed by atoms with Gasteiger partial charge in [-0.1, -0.05) is 0 Å². The molecule has 0 spiro atoms. The van der Waals surface area contributed by atoms with Crippen molar-refractivity contribution in [3.63, 3.8) is 0 Å². The molecule has 2 N–H and O–H groups in total. The van der Waals surface area contributed by atoms with E-state index in [0.29, 0.717) is 18.8 Å². The van der Waals surface area contributed by atoms with Crippen LogP contribution in [0.5, 0.6) is 0 Å². The number of H-pyrrole nitrogens is 1. The largest absolute Gasteiger partial charge is 0.350 e. The Bertz CT molecular complexity index is 545. The number of aromatic amines is 1. The van der Waals surface area contributed by atoms with Gasteiger partial charge in [-0.25, -0.2) is 23.7 Å². The molecule has 0 bridgehead atoms. The van der Waals surface area contributed by atoms with Crippen molar-refractivity contribution >= 4 is 5.91 Å². The second-order valence-corrected chi connectivity index (χ2v) is 3.57. The summed E-state index contributed by atoms with van der Waals surface area (Å²) in [6.45, 7) is 0.294. The molecule has 0 radical (unpaired) electrons. The standard InChI is InChI=1S/C10H10F2N6O/c11-9(12)6-3-7(15-4-14-6)10(19)13-2-1-8-16-5-17-18-8/h3-5,9H,1-2H2,(H,13,19)(H,16,17,18). The number of carbonyl (C=O) groups is 1. The molecule has 0 fully saturated rings. The Hall–Kier alpha value is -2.45. The minimum atomic E-state index is -2.73. The van der Waals surface area contributed by atoms with E-state index in [0.717, 1.165) is 12.4 Å². The summed E-state index contributed by atoms with van der Waals surface area (Å²) in [6.07, 6.45) is 0.0192. The number of aromatic nitrogens is 5. The van der Waals surface area contributed by atoms with E-state index in [2.05, 4.69) is 30.5 Å². The quantitative estimate of drug-likeness (QED) is 0.823. The van der Waals surface area contributed by atoms with Crippen LogP contribution in [0.15, 0.2) is 18.7 Å². The zero-order valence-corrected chi connectivity index (χ0v) is 9.68. The molecule has 2 aromatic heterocycles. The molecule has 0 unspecified atom stereocenters. The Morgan fingerprint density at radius 3 is 2.84 bits per heavy atom. The third-order valence-corrected chi connectivity index (χ3v) is 2.26. The number of hydrogen-bond acceptors (Lipinski definition) is 5. The molecule has 2 aromatic rings. The summed E-state index contributed by atoms with van der Waals surface area (Å²) < 4.78 is 24.8. The van der Waals surface area contributed by atoms with E-state index in [-0.39, 0.29) is 5.69 Å². The van der Waals surface area contributed by atoms with Crippen LogP contribution in [0.1, 0.15) is 28.4 Å². The van der Waals surface area contributed by atoms with Gasteiger partial charge in [-0.2, -0.15) is 5.10 Å². The second kappa shape index (κ2) is 5.94. The first-order valence-electron chi connectivity index (χ1n) is 5.39. The van der Waals surface area contributed by atoms with Crippen molar-refractivity contribution in [3.8, 4) is 0 Å². The molecule has 0 saturated carbocycles. The van der Waals surface area contributed by atoms with E-state index in [4.69, 9.17) is 0 Å². The average Bonchev–Trinajstić information content (AvgIpc) is 2.92. The van der Waals surface area contributed by atoms with Crippen LogP contribution < -0.4 is 5.32 Å². The molecule has 0 aliphatic carbocycles. The number of nitrogens with one attached hydrogen (secondary N) is 2. The molecule has 100 valence electrons. The van der Waals surface area contributed by atoms with Crippen LogP contribution in [-0.4, -0.2) is 37.6 Å². The Morgan fingerprint density at radius 1 is 1.32 bits per heavy atom. The van der Waals surface area contributed by atoms with Gasteiger partial charge in [0.15, 0.2) is 0 Å². The van der Waals surface area contributed by atoms with Crippen molar-refractivity contribution in [3.05, 3.63) is 35.9 Å². The van der Waals surface area contributed by atoms with Gasteiger partial charge in [-0.3, -0.25) is 9.89 Å². The van der Waals surface area contributed by atoms with Gasteiger partial charge in [0.2, 0.25) is 0 Å². The maximum absolute atomic E-state index is 12.4. The second-order valence-electron chi connectivity index (χ2n) is 3.57. The van der Waals surface area contributed by atoms with Crippen molar-refractivity contribution in [2.24, 2.45) is 0 Å². The van der Waals surface area contributed by atoms with Crippen LogP contribution in [0.25, 0.3) is 0 Å². The fraction of sp³-hybridized carbons (Fsp3) is 0.300. The lowest BCUT2D eigenvalue weighted by molar-refractivity contribution is 0.0948. The molecular weight excluding hydrogens is 258 g/mol. The van der Waals surface area contributed by atoms with Gasteiger partial charge in [0.25, 0.3) is 12.3 Å². The summed E-state index contributed by atoms with van der Waals surface area (Å²) in [5.74, 6) is 0.0834. The first-order valence-corrected chi connectivity index (χ1v) is 5.39. The molecule has 0 aromatic carbocycles. The minimum Gasteiger partial charge on any atom is -0.350 e. The lowest BCUT2D eigenvalue weighted by atomic mass is 10.3. The first kappa shape index (κ1) is 13.0. The molecule has 7 nitrogen and oxygen atoms in total. The predicted molar refractivity (Wildman–Crippen MR) is 59.4 cm³/mol. The first-order chi connectivity index (χ1) is 9.16. The number of hydrogen-bond donors (Lipinski definition) is 2. The van der Waals surface area contributed by atoms with E-state index in [1.165, 1.54) is 6.33 Å². The van der Waals surface area contributed by atoms with E-state index in [1.54, 1.807) is 0 Å². The Kier molecular flexibility index (Phi) is 4.06. The van der Waals surface area contributed by atoms with Crippen molar-refractivity contribution in [2.45, 2.75) is 12.8 Å². The van der Waals surface area contributed by atoms with Crippen LogP contribution in [0.4, 0.5) is 8.78 Å². The number of nitrogens with zero attached hydrogens (tertiary/aromatic N) is 4. The topological polar surface area (TPSA) is 96.5 Å². The summed E-state index contributed by atoms with van der Waals surface area (Å²) in [6, 6.07) is 0.967. The van der Waals surface area contributed by atoms with Crippen molar-refractivity contribution in [2.75, 3.05) is 6.54 Å². The Morgan fingerprint density at radius 2 is 2.16 bits per heavy atom. The molecule has 2 heterocycles. The fourth-order valence-corrected chi connectivity index (χ4v) is 1.35. The van der Waals surface area contributed by atoms with Gasteiger partial charge in [0.05, 0.1) is 0 Å². The van der Waals surface area contributed by atoms with E-state index in [9.17, 15) is 13.6 Å². The van der Waals surface area contributed by atoms with Crippen molar-refractivity contribution in [1.82, 2.24) is 30.5 Å². The molecular formula is C10H10F2N6O. The van der Waals surface area contributed by atoms with Crippen LogP contribution in [0.3, 0.4) is 0 Å². The summed E-state index contributed by atoms with van der Waals surface area (Å²) in [5, 5.41) is 8.84. The summed E-state index contributed by atoms with van der Waals surface area (Å²) in [5.41, 5.74) is -0.571. The molecule has 2 rings (SSSR count). The lowest BCUT2D eigenvalue weighted by Gasteiger charge is -2.04. The highest BCUT2D eigenvalue weighted by Crippen LogP contribution is 2.15. The summed E-state index contributed by atoms with van der Waals surface area (Å²) in [4.78, 5) is 22.6. The number of halogens is 2. The predicted octanol–water partition coefficient (Wildman–Crippen LogP) is 0.505. The van der Waals surface area contributed by atoms with Crippen LogP contribution >= 0.6 is 0 Å². The normalized spacial score (nSPS) is 10.7. The maximum atomic E-state index is 12.4. The van der Waals surface area contributed by atoms with Crippen LogP contribution in [0, 0.1) is 0 Å². The highest BCUT2D eigenvalue weighted by atomic mass is 19.3.